The van der Waals surface area contributed by atoms with Gasteiger partial charge in [0.15, 0.2) is 0 Å². The standard InChI is InChI=1S/C13H17ClO3/c1-13(2,16)7-6-9-4-5-11(14)10(8-9)12(15)17-3/h4-5,8,16H,6-7H2,1-3H3. The Morgan fingerprint density at radius 1 is 1.47 bits per heavy atom. The summed E-state index contributed by atoms with van der Waals surface area (Å²) >= 11 is 5.91. The second kappa shape index (κ2) is 5.52. The Bertz CT molecular complexity index is 408. The maximum Gasteiger partial charge on any atom is 0.339 e. The molecule has 0 bridgehead atoms. The van der Waals surface area contributed by atoms with Crippen LogP contribution in [0.5, 0.6) is 0 Å². The largest absolute Gasteiger partial charge is 0.465 e. The molecule has 1 aromatic carbocycles. The van der Waals surface area contributed by atoms with Crippen molar-refractivity contribution in [3.63, 3.8) is 0 Å². The van der Waals surface area contributed by atoms with Gasteiger partial charge in [0.2, 0.25) is 0 Å². The molecule has 0 aliphatic carbocycles. The van der Waals surface area contributed by atoms with E-state index < -0.39 is 11.6 Å². The summed E-state index contributed by atoms with van der Waals surface area (Å²) in [4.78, 5) is 11.4. The Morgan fingerprint density at radius 2 is 2.12 bits per heavy atom. The predicted molar refractivity (Wildman–Crippen MR) is 67.4 cm³/mol. The lowest BCUT2D eigenvalue weighted by Crippen LogP contribution is -2.19. The van der Waals surface area contributed by atoms with E-state index in [1.54, 1.807) is 26.0 Å². The van der Waals surface area contributed by atoms with Gasteiger partial charge in [0.25, 0.3) is 0 Å². The fourth-order valence-electron chi connectivity index (χ4n) is 1.44. The molecule has 3 nitrogen and oxygen atoms in total. The van der Waals surface area contributed by atoms with E-state index in [2.05, 4.69) is 4.74 Å². The number of methoxy groups -OCH3 is 1. The summed E-state index contributed by atoms with van der Waals surface area (Å²) in [5, 5.41) is 10.0. The van der Waals surface area contributed by atoms with Crippen molar-refractivity contribution in [1.82, 2.24) is 0 Å². The van der Waals surface area contributed by atoms with Gasteiger partial charge in [-0.15, -0.1) is 0 Å². The van der Waals surface area contributed by atoms with Crippen molar-refractivity contribution >= 4 is 17.6 Å². The second-order valence-corrected chi connectivity index (χ2v) is 5.03. The van der Waals surface area contributed by atoms with E-state index in [0.717, 1.165) is 5.56 Å². The van der Waals surface area contributed by atoms with Gasteiger partial charge < -0.3 is 9.84 Å². The molecule has 0 saturated heterocycles. The summed E-state index contributed by atoms with van der Waals surface area (Å²) in [6.45, 7) is 3.51. The Labute approximate surface area is 106 Å². The minimum atomic E-state index is -0.717. The van der Waals surface area contributed by atoms with Gasteiger partial charge in [-0.2, -0.15) is 0 Å². The quantitative estimate of drug-likeness (QED) is 0.843. The highest BCUT2D eigenvalue weighted by atomic mass is 35.5. The van der Waals surface area contributed by atoms with E-state index in [0.29, 0.717) is 23.4 Å². The first-order chi connectivity index (χ1) is 7.83. The Balaban J connectivity index is 2.86. The molecule has 1 aromatic rings. The number of halogens is 1. The molecule has 0 unspecified atom stereocenters. The molecule has 94 valence electrons. The topological polar surface area (TPSA) is 46.5 Å². The predicted octanol–water partition coefficient (Wildman–Crippen LogP) is 2.83. The van der Waals surface area contributed by atoms with Crippen molar-refractivity contribution in [2.75, 3.05) is 7.11 Å². The molecule has 0 fully saturated rings. The smallest absolute Gasteiger partial charge is 0.339 e. The monoisotopic (exact) mass is 256 g/mol. The molecule has 0 spiro atoms. The Hall–Kier alpha value is -1.06. The summed E-state index contributed by atoms with van der Waals surface area (Å²) in [5.74, 6) is -0.444. The Kier molecular flexibility index (Phi) is 4.54. The van der Waals surface area contributed by atoms with Crippen molar-refractivity contribution in [3.05, 3.63) is 34.3 Å². The zero-order valence-corrected chi connectivity index (χ0v) is 11.0. The molecule has 0 amide bonds. The van der Waals surface area contributed by atoms with Crippen LogP contribution in [0.15, 0.2) is 18.2 Å². The minimum Gasteiger partial charge on any atom is -0.465 e. The number of hydrogen-bond donors (Lipinski definition) is 1. The Morgan fingerprint density at radius 3 is 2.65 bits per heavy atom. The van der Waals surface area contributed by atoms with Crippen LogP contribution in [0.2, 0.25) is 5.02 Å². The van der Waals surface area contributed by atoms with Gasteiger partial charge in [0.05, 0.1) is 23.3 Å². The van der Waals surface area contributed by atoms with Gasteiger partial charge in [-0.25, -0.2) is 4.79 Å². The lowest BCUT2D eigenvalue weighted by atomic mass is 9.98. The third-order valence-electron chi connectivity index (χ3n) is 2.46. The zero-order valence-electron chi connectivity index (χ0n) is 10.3. The lowest BCUT2D eigenvalue weighted by Gasteiger charge is -2.16. The normalized spacial score (nSPS) is 11.4. The van der Waals surface area contributed by atoms with Crippen LogP contribution < -0.4 is 0 Å². The lowest BCUT2D eigenvalue weighted by molar-refractivity contribution is 0.0601. The highest BCUT2D eigenvalue weighted by molar-refractivity contribution is 6.33. The van der Waals surface area contributed by atoms with Gasteiger partial charge >= 0.3 is 5.97 Å². The van der Waals surface area contributed by atoms with Crippen molar-refractivity contribution < 1.29 is 14.6 Å². The van der Waals surface area contributed by atoms with Crippen molar-refractivity contribution in [3.8, 4) is 0 Å². The van der Waals surface area contributed by atoms with E-state index in [-0.39, 0.29) is 0 Å². The molecule has 0 aromatic heterocycles. The van der Waals surface area contributed by atoms with Gasteiger partial charge in [0, 0.05) is 0 Å². The summed E-state index contributed by atoms with van der Waals surface area (Å²) < 4.78 is 4.64. The van der Waals surface area contributed by atoms with Crippen LogP contribution in [0, 0.1) is 0 Å². The number of aryl methyl sites for hydroxylation is 1. The molecule has 0 atom stereocenters. The number of hydrogen-bond acceptors (Lipinski definition) is 3. The molecule has 4 heteroatoms. The molecule has 1 rings (SSSR count). The SMILES string of the molecule is COC(=O)c1cc(CCC(C)(C)O)ccc1Cl. The van der Waals surface area contributed by atoms with E-state index in [1.165, 1.54) is 7.11 Å². The molecule has 1 N–H and O–H groups in total. The molecule has 0 aliphatic heterocycles. The van der Waals surface area contributed by atoms with Gasteiger partial charge in [0.1, 0.15) is 0 Å². The molecule has 17 heavy (non-hydrogen) atoms. The maximum absolute atomic E-state index is 11.4. The highest BCUT2D eigenvalue weighted by Crippen LogP contribution is 2.21. The van der Waals surface area contributed by atoms with Gasteiger partial charge in [-0.05, 0) is 44.4 Å². The fraction of sp³-hybridized carbons (Fsp3) is 0.462. The van der Waals surface area contributed by atoms with Crippen molar-refractivity contribution in [1.29, 1.82) is 0 Å². The number of ether oxygens (including phenoxy) is 1. The number of carbonyl (C=O) groups excluding carboxylic acids is 1. The summed E-state index contributed by atoms with van der Waals surface area (Å²) in [6.07, 6.45) is 1.31. The highest BCUT2D eigenvalue weighted by Gasteiger charge is 2.15. The van der Waals surface area contributed by atoms with Crippen LogP contribution in [0.4, 0.5) is 0 Å². The first-order valence-corrected chi connectivity index (χ1v) is 5.80. The molecule has 0 radical (unpaired) electrons. The van der Waals surface area contributed by atoms with E-state index in [9.17, 15) is 9.90 Å². The first kappa shape index (κ1) is 14.0. The van der Waals surface area contributed by atoms with Crippen LogP contribution in [-0.4, -0.2) is 23.8 Å². The van der Waals surface area contributed by atoms with E-state index >= 15 is 0 Å². The summed E-state index contributed by atoms with van der Waals surface area (Å²) in [6, 6.07) is 5.23. The number of rotatable bonds is 4. The average molecular weight is 257 g/mol. The maximum atomic E-state index is 11.4. The third-order valence-corrected chi connectivity index (χ3v) is 2.79. The number of carbonyl (C=O) groups is 1. The molecule has 0 saturated carbocycles. The van der Waals surface area contributed by atoms with Crippen molar-refractivity contribution in [2.24, 2.45) is 0 Å². The molecule has 0 heterocycles. The number of esters is 1. The molecular formula is C13H17ClO3. The van der Waals surface area contributed by atoms with E-state index in [1.807, 2.05) is 6.07 Å². The summed E-state index contributed by atoms with van der Waals surface area (Å²) in [7, 11) is 1.32. The van der Waals surface area contributed by atoms with Crippen LogP contribution in [-0.2, 0) is 11.2 Å². The summed E-state index contributed by atoms with van der Waals surface area (Å²) in [5.41, 5.74) is 0.602. The second-order valence-electron chi connectivity index (χ2n) is 4.62. The number of benzene rings is 1. The molecule has 0 aliphatic rings. The first-order valence-electron chi connectivity index (χ1n) is 5.42. The fourth-order valence-corrected chi connectivity index (χ4v) is 1.64. The minimum absolute atomic E-state index is 0.363. The van der Waals surface area contributed by atoms with Crippen LogP contribution in [0.1, 0.15) is 36.2 Å². The molecular weight excluding hydrogens is 240 g/mol. The van der Waals surface area contributed by atoms with Gasteiger partial charge in [-0.3, -0.25) is 0 Å². The van der Waals surface area contributed by atoms with Gasteiger partial charge in [-0.1, -0.05) is 17.7 Å². The van der Waals surface area contributed by atoms with Crippen molar-refractivity contribution in [2.45, 2.75) is 32.3 Å². The van der Waals surface area contributed by atoms with Crippen LogP contribution in [0.25, 0.3) is 0 Å². The van der Waals surface area contributed by atoms with E-state index in [4.69, 9.17) is 11.6 Å². The van der Waals surface area contributed by atoms with Crippen LogP contribution in [0.3, 0.4) is 0 Å². The average Bonchev–Trinajstić information content (AvgIpc) is 2.26. The number of aliphatic hydroxyl groups is 1. The zero-order chi connectivity index (χ0) is 13.1. The van der Waals surface area contributed by atoms with Crippen LogP contribution >= 0.6 is 11.6 Å². The third kappa shape index (κ3) is 4.36.